The van der Waals surface area contributed by atoms with Crippen molar-refractivity contribution in [3.63, 3.8) is 0 Å². The maximum Gasteiger partial charge on any atom is 0.312 e. The van der Waals surface area contributed by atoms with Gasteiger partial charge >= 0.3 is 11.8 Å². The van der Waals surface area contributed by atoms with Crippen LogP contribution in [0.5, 0.6) is 0 Å². The van der Waals surface area contributed by atoms with Crippen LogP contribution in [0.15, 0.2) is 0 Å². The van der Waals surface area contributed by atoms with Crippen LogP contribution < -0.4 is 0 Å². The molecule has 0 spiro atoms. The summed E-state index contributed by atoms with van der Waals surface area (Å²) in [7, 11) is 0. The summed E-state index contributed by atoms with van der Waals surface area (Å²) in [5.41, 5.74) is 0. The van der Waals surface area contributed by atoms with Crippen LogP contribution in [0, 0.1) is 0 Å². The minimum absolute atomic E-state index is 0.260. The van der Waals surface area contributed by atoms with E-state index in [4.69, 9.17) is 0 Å². The fourth-order valence-electron chi connectivity index (χ4n) is 2.99. The van der Waals surface area contributed by atoms with Crippen molar-refractivity contribution in [1.82, 2.24) is 9.80 Å². The lowest BCUT2D eigenvalue weighted by atomic mass is 10.1. The second-order valence-corrected chi connectivity index (χ2v) is 5.77. The summed E-state index contributed by atoms with van der Waals surface area (Å²) < 4.78 is 0. The molecule has 4 heteroatoms. The van der Waals surface area contributed by atoms with Gasteiger partial charge in [0, 0.05) is 26.2 Å². The number of amides is 2. The molecule has 2 aliphatic rings. The highest BCUT2D eigenvalue weighted by molar-refractivity contribution is 6.34. The van der Waals surface area contributed by atoms with Gasteiger partial charge in [-0.15, -0.1) is 0 Å². The molecule has 0 aromatic rings. The summed E-state index contributed by atoms with van der Waals surface area (Å²) in [4.78, 5) is 28.1. The molecule has 108 valence electrons. The molecule has 0 aliphatic carbocycles. The number of nitrogens with zero attached hydrogens (tertiary/aromatic N) is 2. The molecular weight excluding hydrogens is 240 g/mol. The Hall–Kier alpha value is -1.06. The van der Waals surface area contributed by atoms with Gasteiger partial charge < -0.3 is 9.80 Å². The van der Waals surface area contributed by atoms with E-state index in [9.17, 15) is 9.59 Å². The van der Waals surface area contributed by atoms with E-state index in [1.807, 2.05) is 0 Å². The fraction of sp³-hybridized carbons (Fsp3) is 0.867. The SMILES string of the molecule is O=C(C(=O)N1CCCCCC1)N1CCCCCCC1. The molecule has 0 unspecified atom stereocenters. The van der Waals surface area contributed by atoms with Crippen LogP contribution in [0.25, 0.3) is 0 Å². The summed E-state index contributed by atoms with van der Waals surface area (Å²) in [6, 6.07) is 0. The summed E-state index contributed by atoms with van der Waals surface area (Å²) in [5.74, 6) is -0.522. The molecular formula is C15H26N2O2. The van der Waals surface area contributed by atoms with E-state index in [-0.39, 0.29) is 11.8 Å². The van der Waals surface area contributed by atoms with Gasteiger partial charge in [0.05, 0.1) is 0 Å². The number of hydrogen-bond donors (Lipinski definition) is 0. The van der Waals surface area contributed by atoms with E-state index in [1.165, 1.54) is 32.1 Å². The van der Waals surface area contributed by atoms with Crippen molar-refractivity contribution in [2.24, 2.45) is 0 Å². The number of hydrogen-bond acceptors (Lipinski definition) is 2. The summed E-state index contributed by atoms with van der Waals surface area (Å²) in [6.07, 6.45) is 10.2. The minimum atomic E-state index is -0.262. The van der Waals surface area contributed by atoms with Crippen LogP contribution in [-0.2, 0) is 9.59 Å². The molecule has 0 aromatic heterocycles. The fourth-order valence-corrected chi connectivity index (χ4v) is 2.99. The van der Waals surface area contributed by atoms with E-state index >= 15 is 0 Å². The van der Waals surface area contributed by atoms with Crippen molar-refractivity contribution in [2.75, 3.05) is 26.2 Å². The zero-order chi connectivity index (χ0) is 13.5. The van der Waals surface area contributed by atoms with Gasteiger partial charge in [-0.25, -0.2) is 0 Å². The van der Waals surface area contributed by atoms with E-state index < -0.39 is 0 Å². The Morgan fingerprint density at radius 3 is 1.05 bits per heavy atom. The Labute approximate surface area is 116 Å². The molecule has 2 heterocycles. The molecule has 2 fully saturated rings. The maximum absolute atomic E-state index is 12.3. The van der Waals surface area contributed by atoms with Crippen LogP contribution in [0.1, 0.15) is 57.8 Å². The van der Waals surface area contributed by atoms with Crippen molar-refractivity contribution in [3.05, 3.63) is 0 Å². The van der Waals surface area contributed by atoms with Gasteiger partial charge in [0.25, 0.3) is 0 Å². The van der Waals surface area contributed by atoms with Crippen molar-refractivity contribution < 1.29 is 9.59 Å². The molecule has 4 nitrogen and oxygen atoms in total. The highest BCUT2D eigenvalue weighted by atomic mass is 16.2. The van der Waals surface area contributed by atoms with E-state index in [0.717, 1.165) is 51.9 Å². The third-order valence-electron chi connectivity index (χ3n) is 4.22. The lowest BCUT2D eigenvalue weighted by Crippen LogP contribution is -2.46. The monoisotopic (exact) mass is 266 g/mol. The third kappa shape index (κ3) is 4.22. The van der Waals surface area contributed by atoms with Crippen molar-refractivity contribution >= 4 is 11.8 Å². The van der Waals surface area contributed by atoms with Gasteiger partial charge in [-0.2, -0.15) is 0 Å². The average Bonchev–Trinajstić information content (AvgIpc) is 2.65. The first-order valence-electron chi connectivity index (χ1n) is 7.87. The predicted molar refractivity (Wildman–Crippen MR) is 74.7 cm³/mol. The first-order chi connectivity index (χ1) is 9.29. The summed E-state index contributed by atoms with van der Waals surface area (Å²) in [6.45, 7) is 3.05. The van der Waals surface area contributed by atoms with Crippen LogP contribution in [0.4, 0.5) is 0 Å². The van der Waals surface area contributed by atoms with Crippen molar-refractivity contribution in [3.8, 4) is 0 Å². The first kappa shape index (κ1) is 14.4. The Balaban J connectivity index is 1.90. The summed E-state index contributed by atoms with van der Waals surface area (Å²) >= 11 is 0. The van der Waals surface area contributed by atoms with E-state index in [2.05, 4.69) is 0 Å². The average molecular weight is 266 g/mol. The van der Waals surface area contributed by atoms with Crippen LogP contribution in [0.3, 0.4) is 0 Å². The number of carbonyl (C=O) groups excluding carboxylic acids is 2. The zero-order valence-corrected chi connectivity index (χ0v) is 11.9. The largest absolute Gasteiger partial charge is 0.334 e. The van der Waals surface area contributed by atoms with Gasteiger partial charge in [-0.3, -0.25) is 9.59 Å². The van der Waals surface area contributed by atoms with Crippen LogP contribution in [-0.4, -0.2) is 47.8 Å². The predicted octanol–water partition coefficient (Wildman–Crippen LogP) is 2.18. The van der Waals surface area contributed by atoms with Gasteiger partial charge in [0.2, 0.25) is 0 Å². The third-order valence-corrected chi connectivity index (χ3v) is 4.22. The Morgan fingerprint density at radius 1 is 0.474 bits per heavy atom. The second kappa shape index (κ2) is 7.51. The lowest BCUT2D eigenvalue weighted by molar-refractivity contribution is -0.152. The summed E-state index contributed by atoms with van der Waals surface area (Å²) in [5, 5.41) is 0. The molecule has 2 aliphatic heterocycles. The van der Waals surface area contributed by atoms with Crippen LogP contribution >= 0.6 is 0 Å². The van der Waals surface area contributed by atoms with Gasteiger partial charge in [0.15, 0.2) is 0 Å². The lowest BCUT2D eigenvalue weighted by Gasteiger charge is -2.27. The topological polar surface area (TPSA) is 40.6 Å². The molecule has 0 saturated carbocycles. The Bertz CT molecular complexity index is 301. The number of likely N-dealkylation sites (tertiary alicyclic amines) is 2. The molecule has 0 aromatic carbocycles. The molecule has 2 amide bonds. The molecule has 19 heavy (non-hydrogen) atoms. The smallest absolute Gasteiger partial charge is 0.312 e. The highest BCUT2D eigenvalue weighted by Gasteiger charge is 2.27. The molecule has 0 bridgehead atoms. The normalized spacial score (nSPS) is 22.3. The Kier molecular flexibility index (Phi) is 5.67. The molecule has 0 atom stereocenters. The minimum Gasteiger partial charge on any atom is -0.334 e. The van der Waals surface area contributed by atoms with E-state index in [1.54, 1.807) is 9.80 Å². The molecule has 2 saturated heterocycles. The van der Waals surface area contributed by atoms with E-state index in [0.29, 0.717) is 0 Å². The molecule has 0 radical (unpaired) electrons. The Morgan fingerprint density at radius 2 is 0.737 bits per heavy atom. The molecule has 2 rings (SSSR count). The first-order valence-corrected chi connectivity index (χ1v) is 7.87. The molecule has 0 N–H and O–H groups in total. The standard InChI is InChI=1S/C15H26N2O2/c18-14(16-10-6-2-1-3-7-11-16)15(19)17-12-8-4-5-9-13-17/h1-13H2. The zero-order valence-electron chi connectivity index (χ0n) is 11.9. The second-order valence-electron chi connectivity index (χ2n) is 5.77. The highest BCUT2D eigenvalue weighted by Crippen LogP contribution is 2.13. The van der Waals surface area contributed by atoms with Gasteiger partial charge in [-0.1, -0.05) is 32.1 Å². The van der Waals surface area contributed by atoms with Crippen molar-refractivity contribution in [1.29, 1.82) is 0 Å². The van der Waals surface area contributed by atoms with Gasteiger partial charge in [0.1, 0.15) is 0 Å². The van der Waals surface area contributed by atoms with Crippen LogP contribution in [0.2, 0.25) is 0 Å². The number of rotatable bonds is 0. The maximum atomic E-state index is 12.3. The quantitative estimate of drug-likeness (QED) is 0.631. The van der Waals surface area contributed by atoms with Gasteiger partial charge in [-0.05, 0) is 25.7 Å². The number of carbonyl (C=O) groups is 2. The van der Waals surface area contributed by atoms with Crippen molar-refractivity contribution in [2.45, 2.75) is 57.8 Å².